The molecule has 0 radical (unpaired) electrons. The number of anilines is 1. The average Bonchev–Trinajstić information content (AvgIpc) is 2.60. The SMILES string of the molecule is C#CCCOC(=O)Nc1cccc(CONCc2ccccc2)n1. The van der Waals surface area contributed by atoms with Crippen LogP contribution in [0.4, 0.5) is 10.6 Å². The van der Waals surface area contributed by atoms with Crippen molar-refractivity contribution >= 4 is 11.9 Å². The number of rotatable bonds is 8. The van der Waals surface area contributed by atoms with Crippen LogP contribution in [-0.4, -0.2) is 17.7 Å². The first-order valence-electron chi connectivity index (χ1n) is 7.49. The van der Waals surface area contributed by atoms with Crippen LogP contribution in [0, 0.1) is 12.3 Å². The molecule has 1 aromatic heterocycles. The summed E-state index contributed by atoms with van der Waals surface area (Å²) >= 11 is 0. The zero-order chi connectivity index (χ0) is 17.0. The molecular formula is C18H19N3O3. The zero-order valence-electron chi connectivity index (χ0n) is 13.2. The molecule has 6 nitrogen and oxygen atoms in total. The maximum Gasteiger partial charge on any atom is 0.412 e. The Kier molecular flexibility index (Phi) is 7.28. The van der Waals surface area contributed by atoms with Gasteiger partial charge in [-0.15, -0.1) is 12.3 Å². The second-order valence-corrected chi connectivity index (χ2v) is 4.82. The van der Waals surface area contributed by atoms with Crippen LogP contribution in [0.1, 0.15) is 17.7 Å². The Labute approximate surface area is 141 Å². The predicted molar refractivity (Wildman–Crippen MR) is 90.7 cm³/mol. The van der Waals surface area contributed by atoms with Crippen LogP contribution >= 0.6 is 0 Å². The number of ether oxygens (including phenoxy) is 1. The van der Waals surface area contributed by atoms with Crippen LogP contribution in [0.2, 0.25) is 0 Å². The lowest BCUT2D eigenvalue weighted by molar-refractivity contribution is 0.0217. The summed E-state index contributed by atoms with van der Waals surface area (Å²) in [5, 5.41) is 2.54. The summed E-state index contributed by atoms with van der Waals surface area (Å²) in [5.41, 5.74) is 4.67. The highest BCUT2D eigenvalue weighted by Crippen LogP contribution is 2.06. The molecule has 0 aliphatic carbocycles. The number of amides is 1. The molecule has 2 rings (SSSR count). The number of nitrogens with one attached hydrogen (secondary N) is 2. The first kappa shape index (κ1) is 17.5. The van der Waals surface area contributed by atoms with Crippen LogP contribution in [0.15, 0.2) is 48.5 Å². The van der Waals surface area contributed by atoms with Gasteiger partial charge in [-0.25, -0.2) is 9.78 Å². The Bertz CT molecular complexity index is 683. The third-order valence-corrected chi connectivity index (χ3v) is 2.96. The highest BCUT2D eigenvalue weighted by Gasteiger charge is 2.05. The van der Waals surface area contributed by atoms with Crippen LogP contribution in [0.5, 0.6) is 0 Å². The fraction of sp³-hybridized carbons (Fsp3) is 0.222. The molecule has 1 heterocycles. The van der Waals surface area contributed by atoms with Crippen molar-refractivity contribution in [3.8, 4) is 12.3 Å². The van der Waals surface area contributed by atoms with E-state index < -0.39 is 6.09 Å². The van der Waals surface area contributed by atoms with Gasteiger partial charge < -0.3 is 4.74 Å². The molecule has 24 heavy (non-hydrogen) atoms. The lowest BCUT2D eigenvalue weighted by atomic mass is 10.2. The van der Waals surface area contributed by atoms with E-state index in [9.17, 15) is 4.79 Å². The maximum atomic E-state index is 11.5. The molecule has 124 valence electrons. The minimum Gasteiger partial charge on any atom is -0.448 e. The van der Waals surface area contributed by atoms with Crippen LogP contribution in [-0.2, 0) is 22.7 Å². The Balaban J connectivity index is 1.74. The van der Waals surface area contributed by atoms with Gasteiger partial charge in [0.2, 0.25) is 0 Å². The molecule has 0 saturated heterocycles. The molecule has 0 spiro atoms. The first-order chi connectivity index (χ1) is 11.8. The number of hydroxylamine groups is 1. The van der Waals surface area contributed by atoms with E-state index in [0.29, 0.717) is 24.5 Å². The zero-order valence-corrected chi connectivity index (χ0v) is 13.2. The molecule has 1 amide bonds. The Morgan fingerprint density at radius 1 is 1.17 bits per heavy atom. The largest absolute Gasteiger partial charge is 0.448 e. The summed E-state index contributed by atoms with van der Waals surface area (Å²) < 4.78 is 4.90. The highest BCUT2D eigenvalue weighted by atomic mass is 16.6. The van der Waals surface area contributed by atoms with Crippen molar-refractivity contribution in [2.75, 3.05) is 11.9 Å². The van der Waals surface area contributed by atoms with Gasteiger partial charge in [-0.1, -0.05) is 36.4 Å². The monoisotopic (exact) mass is 325 g/mol. The molecule has 0 atom stereocenters. The summed E-state index contributed by atoms with van der Waals surface area (Å²) in [7, 11) is 0. The van der Waals surface area contributed by atoms with E-state index in [4.69, 9.17) is 16.0 Å². The Morgan fingerprint density at radius 2 is 2.00 bits per heavy atom. The Hall–Kier alpha value is -2.88. The van der Waals surface area contributed by atoms with E-state index in [1.165, 1.54) is 0 Å². The van der Waals surface area contributed by atoms with Gasteiger partial charge in [0, 0.05) is 13.0 Å². The van der Waals surface area contributed by atoms with Gasteiger partial charge in [0.05, 0.1) is 5.69 Å². The first-order valence-corrected chi connectivity index (χ1v) is 7.49. The predicted octanol–water partition coefficient (Wildman–Crippen LogP) is 2.87. The van der Waals surface area contributed by atoms with Crippen molar-refractivity contribution in [2.45, 2.75) is 19.6 Å². The van der Waals surface area contributed by atoms with Gasteiger partial charge in [0.15, 0.2) is 0 Å². The third-order valence-electron chi connectivity index (χ3n) is 2.96. The molecule has 2 N–H and O–H groups in total. The number of aromatic nitrogens is 1. The van der Waals surface area contributed by atoms with E-state index in [1.54, 1.807) is 18.2 Å². The van der Waals surface area contributed by atoms with E-state index in [0.717, 1.165) is 5.56 Å². The fourth-order valence-electron chi connectivity index (χ4n) is 1.83. The number of terminal acetylenes is 1. The van der Waals surface area contributed by atoms with Crippen LogP contribution < -0.4 is 10.8 Å². The van der Waals surface area contributed by atoms with E-state index in [1.807, 2.05) is 30.3 Å². The third kappa shape index (κ3) is 6.48. The standard InChI is InChI=1S/C18H19N3O3/c1-2-3-12-23-18(22)21-17-11-7-10-16(20-17)14-24-19-13-15-8-5-4-6-9-15/h1,4-11,19H,3,12-14H2,(H,20,21,22). The Morgan fingerprint density at radius 3 is 2.79 bits per heavy atom. The summed E-state index contributed by atoms with van der Waals surface area (Å²) in [6, 6.07) is 15.2. The van der Waals surface area contributed by atoms with E-state index >= 15 is 0 Å². The molecule has 0 saturated carbocycles. The van der Waals surface area contributed by atoms with E-state index in [2.05, 4.69) is 21.7 Å². The lowest BCUT2D eigenvalue weighted by Crippen LogP contribution is -2.16. The second kappa shape index (κ2) is 10.0. The fourth-order valence-corrected chi connectivity index (χ4v) is 1.83. The van der Waals surface area contributed by atoms with Crippen LogP contribution in [0.25, 0.3) is 0 Å². The second-order valence-electron chi connectivity index (χ2n) is 4.82. The van der Waals surface area contributed by atoms with Crippen molar-refractivity contribution < 1.29 is 14.4 Å². The number of pyridine rings is 1. The molecule has 6 heteroatoms. The topological polar surface area (TPSA) is 72.5 Å². The maximum absolute atomic E-state index is 11.5. The van der Waals surface area contributed by atoms with Gasteiger partial charge >= 0.3 is 6.09 Å². The minimum absolute atomic E-state index is 0.175. The van der Waals surface area contributed by atoms with E-state index in [-0.39, 0.29) is 13.2 Å². The van der Waals surface area contributed by atoms with Crippen LogP contribution in [0.3, 0.4) is 0 Å². The molecule has 0 aliphatic heterocycles. The normalized spacial score (nSPS) is 9.96. The minimum atomic E-state index is -0.585. The van der Waals surface area contributed by atoms with Crippen molar-refractivity contribution in [3.63, 3.8) is 0 Å². The molecule has 1 aromatic carbocycles. The summed E-state index contributed by atoms with van der Waals surface area (Å²) in [6.45, 7) is 1.04. The lowest BCUT2D eigenvalue weighted by Gasteiger charge is -2.08. The molecule has 0 fully saturated rings. The number of nitrogens with zero attached hydrogens (tertiary/aromatic N) is 1. The molecule has 0 bridgehead atoms. The number of benzene rings is 1. The smallest absolute Gasteiger partial charge is 0.412 e. The molecule has 0 unspecified atom stereocenters. The summed E-state index contributed by atoms with van der Waals surface area (Å²) in [5.74, 6) is 2.79. The van der Waals surface area contributed by atoms with Crippen molar-refractivity contribution in [3.05, 3.63) is 59.8 Å². The van der Waals surface area contributed by atoms with Gasteiger partial charge in [-0.05, 0) is 17.7 Å². The van der Waals surface area contributed by atoms with Gasteiger partial charge in [0.25, 0.3) is 0 Å². The van der Waals surface area contributed by atoms with Gasteiger partial charge in [-0.2, -0.15) is 5.48 Å². The number of carbonyl (C=O) groups is 1. The number of hydrogen-bond donors (Lipinski definition) is 2. The van der Waals surface area contributed by atoms with Gasteiger partial charge in [0.1, 0.15) is 19.0 Å². The summed E-state index contributed by atoms with van der Waals surface area (Å²) in [4.78, 5) is 21.2. The number of carbonyl (C=O) groups excluding carboxylic acids is 1. The molecule has 0 aliphatic rings. The average molecular weight is 325 g/mol. The quantitative estimate of drug-likeness (QED) is 0.443. The van der Waals surface area contributed by atoms with Crippen molar-refractivity contribution in [1.29, 1.82) is 0 Å². The molecular weight excluding hydrogens is 306 g/mol. The highest BCUT2D eigenvalue weighted by molar-refractivity contribution is 5.83. The van der Waals surface area contributed by atoms with Crippen molar-refractivity contribution in [2.24, 2.45) is 0 Å². The number of hydrogen-bond acceptors (Lipinski definition) is 5. The van der Waals surface area contributed by atoms with Crippen molar-refractivity contribution in [1.82, 2.24) is 10.5 Å². The van der Waals surface area contributed by atoms with Gasteiger partial charge in [-0.3, -0.25) is 10.2 Å². The summed E-state index contributed by atoms with van der Waals surface area (Å²) in [6.07, 6.45) is 4.88. The molecule has 2 aromatic rings.